The number of carbonyl (C=O) groups excluding carboxylic acids is 3. The topological polar surface area (TPSA) is 81.2 Å². The van der Waals surface area contributed by atoms with Crippen LogP contribution in [0.4, 0.5) is 5.69 Å². The van der Waals surface area contributed by atoms with Crippen LogP contribution in [0.15, 0.2) is 79.9 Å². The van der Waals surface area contributed by atoms with Crippen molar-refractivity contribution in [2.75, 3.05) is 31.6 Å². The first-order chi connectivity index (χ1) is 20.2. The van der Waals surface area contributed by atoms with E-state index in [0.29, 0.717) is 30.1 Å². The molecule has 0 radical (unpaired) electrons. The molecule has 0 aromatic heterocycles. The molecule has 10 heteroatoms. The van der Waals surface area contributed by atoms with Gasteiger partial charge in [0.25, 0.3) is 5.91 Å². The zero-order chi connectivity index (χ0) is 30.2. The van der Waals surface area contributed by atoms with Gasteiger partial charge in [-0.3, -0.25) is 14.4 Å². The van der Waals surface area contributed by atoms with Crippen LogP contribution in [0.1, 0.15) is 12.0 Å². The molecule has 0 saturated carbocycles. The molecule has 1 N–H and O–H groups in total. The molecule has 3 aliphatic heterocycles. The third-order valence-corrected chi connectivity index (χ3v) is 12.2. The average molecular weight is 673 g/mol. The van der Waals surface area contributed by atoms with Gasteiger partial charge in [0.2, 0.25) is 11.8 Å². The number of anilines is 1. The largest absolute Gasteiger partial charge is 0.394 e. The molecule has 3 saturated heterocycles. The van der Waals surface area contributed by atoms with Crippen LogP contribution in [0.2, 0.25) is 5.02 Å². The summed E-state index contributed by atoms with van der Waals surface area (Å²) < 4.78 is -0.868. The molecule has 3 fully saturated rings. The first kappa shape index (κ1) is 30.9. The van der Waals surface area contributed by atoms with Gasteiger partial charge in [0, 0.05) is 30.2 Å². The lowest BCUT2D eigenvalue weighted by Gasteiger charge is -2.40. The number of benzene rings is 2. The third kappa shape index (κ3) is 5.12. The monoisotopic (exact) mass is 671 g/mol. The molecule has 3 aliphatic rings. The Kier molecular flexibility index (Phi) is 9.23. The minimum atomic E-state index is -0.926. The van der Waals surface area contributed by atoms with Crippen molar-refractivity contribution in [3.8, 4) is 0 Å². The zero-order valence-corrected chi connectivity index (χ0v) is 26.6. The average Bonchev–Trinajstić information content (AvgIpc) is 3.58. The fraction of sp³-hybridized carbons (Fsp3) is 0.406. The molecule has 2 aromatic rings. The Balaban J connectivity index is 1.64. The highest BCUT2D eigenvalue weighted by molar-refractivity contribution is 9.09. The number of rotatable bonds is 11. The van der Waals surface area contributed by atoms with E-state index in [4.69, 9.17) is 11.6 Å². The molecule has 3 amide bonds. The second kappa shape index (κ2) is 12.6. The van der Waals surface area contributed by atoms with Gasteiger partial charge in [0.1, 0.15) is 6.04 Å². The number of fused-ring (bicyclic) bond motifs is 1. The van der Waals surface area contributed by atoms with E-state index >= 15 is 0 Å². The van der Waals surface area contributed by atoms with E-state index < -0.39 is 28.7 Å². The number of carbonyl (C=O) groups is 3. The Morgan fingerprint density at radius 1 is 1.14 bits per heavy atom. The van der Waals surface area contributed by atoms with Crippen molar-refractivity contribution >= 4 is 62.7 Å². The van der Waals surface area contributed by atoms with Gasteiger partial charge in [-0.2, -0.15) is 0 Å². The Bertz CT molecular complexity index is 1380. The highest BCUT2D eigenvalue weighted by atomic mass is 79.9. The summed E-state index contributed by atoms with van der Waals surface area (Å²) in [5, 5.41) is 11.0. The molecule has 5 rings (SSSR count). The van der Waals surface area contributed by atoms with Crippen LogP contribution in [-0.2, 0) is 20.8 Å². The quantitative estimate of drug-likeness (QED) is 0.280. The fourth-order valence-electron chi connectivity index (χ4n) is 6.95. The first-order valence-electron chi connectivity index (χ1n) is 14.0. The van der Waals surface area contributed by atoms with E-state index in [1.54, 1.807) is 63.9 Å². The number of amides is 3. The van der Waals surface area contributed by atoms with Crippen molar-refractivity contribution in [1.82, 2.24) is 9.80 Å². The first-order valence-corrected chi connectivity index (χ1v) is 16.2. The summed E-state index contributed by atoms with van der Waals surface area (Å²) in [4.78, 5) is 48.1. The minimum absolute atomic E-state index is 0.0669. The van der Waals surface area contributed by atoms with Gasteiger partial charge in [-0.1, -0.05) is 82.1 Å². The van der Waals surface area contributed by atoms with Crippen LogP contribution in [0.25, 0.3) is 0 Å². The summed E-state index contributed by atoms with van der Waals surface area (Å²) in [5.74, 6) is -2.03. The van der Waals surface area contributed by atoms with Crippen molar-refractivity contribution in [3.05, 3.63) is 90.5 Å². The lowest BCUT2D eigenvalue weighted by Crippen LogP contribution is -2.58. The maximum absolute atomic E-state index is 14.9. The second-order valence-corrected chi connectivity index (χ2v) is 14.3. The highest BCUT2D eigenvalue weighted by Crippen LogP contribution is 2.68. The predicted molar refractivity (Wildman–Crippen MR) is 172 cm³/mol. The summed E-state index contributed by atoms with van der Waals surface area (Å²) in [5.41, 5.74) is 1.46. The smallest absolute Gasteiger partial charge is 0.251 e. The lowest BCUT2D eigenvalue weighted by molar-refractivity contribution is -0.144. The van der Waals surface area contributed by atoms with Crippen molar-refractivity contribution in [2.45, 2.75) is 39.7 Å². The Hall–Kier alpha value is -2.59. The molecular formula is C32H35BrClN3O4S. The van der Waals surface area contributed by atoms with Crippen LogP contribution < -0.4 is 4.90 Å². The normalized spacial score (nSPS) is 28.3. The number of hydrogen-bond donors (Lipinski definition) is 1. The van der Waals surface area contributed by atoms with Gasteiger partial charge >= 0.3 is 0 Å². The van der Waals surface area contributed by atoms with Crippen molar-refractivity contribution in [3.63, 3.8) is 0 Å². The lowest BCUT2D eigenvalue weighted by atomic mass is 9.70. The SMILES string of the molecule is C=CCN(C)C(=O)[C@H]1[C@@H]2SC3(CC2Br)C(C(=O)N(CC=C)c2ccccc2Cl)N([C@@H](CO)Cc2ccccc2)C(=O)[C@H]13. The summed E-state index contributed by atoms with van der Waals surface area (Å²) >= 11 is 12.0. The number of nitrogens with zero attached hydrogens (tertiary/aromatic N) is 3. The van der Waals surface area contributed by atoms with E-state index in [1.165, 1.54) is 0 Å². The third-order valence-electron chi connectivity index (χ3n) is 8.66. The van der Waals surface area contributed by atoms with Crippen molar-refractivity contribution in [2.24, 2.45) is 11.8 Å². The number of likely N-dealkylation sites (tertiary alicyclic amines) is 1. The van der Waals surface area contributed by atoms with E-state index in [-0.39, 0.29) is 41.0 Å². The van der Waals surface area contributed by atoms with Crippen LogP contribution in [-0.4, -0.2) is 86.3 Å². The van der Waals surface area contributed by atoms with E-state index in [9.17, 15) is 19.5 Å². The molecule has 3 heterocycles. The predicted octanol–water partition coefficient (Wildman–Crippen LogP) is 4.57. The molecule has 222 valence electrons. The molecule has 3 unspecified atom stereocenters. The molecule has 42 heavy (non-hydrogen) atoms. The Morgan fingerprint density at radius 2 is 1.81 bits per heavy atom. The van der Waals surface area contributed by atoms with Gasteiger partial charge in [-0.15, -0.1) is 24.9 Å². The molecule has 2 aromatic carbocycles. The van der Waals surface area contributed by atoms with E-state index in [2.05, 4.69) is 29.1 Å². The summed E-state index contributed by atoms with van der Waals surface area (Å²) in [6, 6.07) is 15.1. The molecule has 7 atom stereocenters. The number of para-hydroxylation sites is 1. The number of likely N-dealkylation sites (N-methyl/N-ethyl adjacent to an activating group) is 1. The number of aliphatic hydroxyl groups is 1. The number of alkyl halides is 1. The van der Waals surface area contributed by atoms with Gasteiger partial charge in [-0.05, 0) is 30.5 Å². The highest BCUT2D eigenvalue weighted by Gasteiger charge is 2.76. The minimum Gasteiger partial charge on any atom is -0.394 e. The molecular weight excluding hydrogens is 638 g/mol. The van der Waals surface area contributed by atoms with E-state index in [1.807, 2.05) is 36.4 Å². The molecule has 0 aliphatic carbocycles. The number of halogens is 2. The van der Waals surface area contributed by atoms with Gasteiger partial charge in [0.15, 0.2) is 0 Å². The van der Waals surface area contributed by atoms with Gasteiger partial charge < -0.3 is 19.8 Å². The second-order valence-electron chi connectivity index (χ2n) is 11.1. The maximum atomic E-state index is 14.9. The number of aliphatic hydroxyl groups excluding tert-OH is 1. The molecule has 1 spiro atoms. The van der Waals surface area contributed by atoms with Crippen molar-refractivity contribution < 1.29 is 19.5 Å². The van der Waals surface area contributed by atoms with Gasteiger partial charge in [0.05, 0.1) is 39.9 Å². The molecule has 7 nitrogen and oxygen atoms in total. The zero-order valence-electron chi connectivity index (χ0n) is 23.4. The number of thioether (sulfide) groups is 1. The van der Waals surface area contributed by atoms with Crippen molar-refractivity contribution in [1.29, 1.82) is 0 Å². The number of hydrogen-bond acceptors (Lipinski definition) is 5. The van der Waals surface area contributed by atoms with Crippen LogP contribution in [0.5, 0.6) is 0 Å². The van der Waals surface area contributed by atoms with Crippen LogP contribution in [0, 0.1) is 11.8 Å². The summed E-state index contributed by atoms with van der Waals surface area (Å²) in [6.45, 7) is 7.84. The standard InChI is InChI=1S/C32H35BrClN3O4S/c1-4-15-35(3)29(39)25-26-30(40)37(21(19-38)17-20-11-7-6-8-12-20)28(32(26)18-22(33)27(25)42-32)31(41)36(16-5-2)24-14-10-9-13-23(24)34/h4-14,21-22,25-28,38H,1-2,15-19H2,3H3/t21-,22?,25-,26+,27-,28?,32?/m1/s1. The summed E-state index contributed by atoms with van der Waals surface area (Å²) in [7, 11) is 1.71. The Labute approximate surface area is 264 Å². The molecule has 2 bridgehead atoms. The maximum Gasteiger partial charge on any atom is 0.251 e. The van der Waals surface area contributed by atoms with Gasteiger partial charge in [-0.25, -0.2) is 0 Å². The summed E-state index contributed by atoms with van der Waals surface area (Å²) in [6.07, 6.45) is 4.19. The van der Waals surface area contributed by atoms with Crippen LogP contribution >= 0.6 is 39.3 Å². The van der Waals surface area contributed by atoms with E-state index in [0.717, 1.165) is 5.56 Å². The Morgan fingerprint density at radius 3 is 2.45 bits per heavy atom. The van der Waals surface area contributed by atoms with Crippen LogP contribution in [0.3, 0.4) is 0 Å². The fourth-order valence-corrected chi connectivity index (χ4v) is 10.8.